The van der Waals surface area contributed by atoms with Crippen molar-refractivity contribution in [3.05, 3.63) is 54.2 Å². The monoisotopic (exact) mass is 296 g/mol. The van der Waals surface area contributed by atoms with Crippen LogP contribution in [-0.4, -0.2) is 22.3 Å². The normalized spacial score (nSPS) is 18.0. The molecule has 0 saturated carbocycles. The van der Waals surface area contributed by atoms with Crippen molar-refractivity contribution in [3.8, 4) is 11.6 Å². The minimum absolute atomic E-state index is 0.0543. The van der Waals surface area contributed by atoms with E-state index in [-0.39, 0.29) is 11.9 Å². The molecule has 4 nitrogen and oxygen atoms in total. The van der Waals surface area contributed by atoms with Crippen molar-refractivity contribution in [2.24, 2.45) is 0 Å². The molecule has 114 valence electrons. The maximum Gasteiger partial charge on any atom is 0.224 e. The number of piperidine rings is 1. The smallest absolute Gasteiger partial charge is 0.224 e. The molecule has 0 bridgehead atoms. The Morgan fingerprint density at radius 2 is 2.00 bits per heavy atom. The van der Waals surface area contributed by atoms with Crippen molar-refractivity contribution in [3.63, 3.8) is 0 Å². The van der Waals surface area contributed by atoms with E-state index in [0.29, 0.717) is 5.88 Å². The Labute approximate surface area is 130 Å². The number of carbonyl (C=O) groups excluding carboxylic acids is 1. The van der Waals surface area contributed by atoms with Crippen LogP contribution in [0.25, 0.3) is 0 Å². The molecule has 1 aliphatic heterocycles. The molecule has 1 atom stereocenters. The van der Waals surface area contributed by atoms with Gasteiger partial charge in [-0.15, -0.1) is 0 Å². The lowest BCUT2D eigenvalue weighted by Crippen LogP contribution is -2.37. The lowest BCUT2D eigenvalue weighted by Gasteiger charge is -2.35. The van der Waals surface area contributed by atoms with E-state index in [1.807, 2.05) is 47.4 Å². The Hall–Kier alpha value is -2.36. The predicted molar refractivity (Wildman–Crippen MR) is 84.7 cm³/mol. The first-order valence-corrected chi connectivity index (χ1v) is 7.71. The van der Waals surface area contributed by atoms with Crippen molar-refractivity contribution in [2.45, 2.75) is 32.2 Å². The summed E-state index contributed by atoms with van der Waals surface area (Å²) in [6.07, 6.45) is 4.86. The zero-order valence-corrected chi connectivity index (χ0v) is 12.7. The summed E-state index contributed by atoms with van der Waals surface area (Å²) in [6.45, 7) is 2.44. The fraction of sp³-hybridized carbons (Fsp3) is 0.333. The number of amides is 1. The molecule has 1 saturated heterocycles. The van der Waals surface area contributed by atoms with Gasteiger partial charge in [-0.2, -0.15) is 0 Å². The first kappa shape index (κ1) is 14.6. The number of rotatable bonds is 3. The van der Waals surface area contributed by atoms with Gasteiger partial charge in [0, 0.05) is 25.2 Å². The summed E-state index contributed by atoms with van der Waals surface area (Å²) < 4.78 is 5.94. The average molecular weight is 296 g/mol. The molecule has 22 heavy (non-hydrogen) atoms. The van der Waals surface area contributed by atoms with E-state index in [4.69, 9.17) is 4.74 Å². The van der Waals surface area contributed by atoms with E-state index >= 15 is 0 Å². The van der Waals surface area contributed by atoms with Crippen molar-refractivity contribution in [1.29, 1.82) is 0 Å². The number of carbonyl (C=O) groups is 1. The highest BCUT2D eigenvalue weighted by atomic mass is 16.5. The molecule has 2 aromatic rings. The minimum atomic E-state index is 0.0543. The second-order valence-electron chi connectivity index (χ2n) is 5.54. The molecule has 0 radical (unpaired) electrons. The summed E-state index contributed by atoms with van der Waals surface area (Å²) in [5.41, 5.74) is 0.987. The van der Waals surface area contributed by atoms with Gasteiger partial charge in [0.15, 0.2) is 0 Å². The molecule has 1 aliphatic rings. The first-order valence-electron chi connectivity index (χ1n) is 7.71. The third-order valence-electron chi connectivity index (χ3n) is 4.02. The number of aromatic nitrogens is 1. The summed E-state index contributed by atoms with van der Waals surface area (Å²) in [7, 11) is 0. The second-order valence-corrected chi connectivity index (χ2v) is 5.54. The molecule has 1 aromatic carbocycles. The van der Waals surface area contributed by atoms with Crippen LogP contribution in [0.1, 0.15) is 37.8 Å². The standard InChI is InChI=1S/C18H20N2O2/c1-14(21)20-13-6-5-11-17(20)16-10-7-12-19-18(16)22-15-8-3-2-4-9-15/h2-4,7-10,12,17H,5-6,11,13H2,1H3. The van der Waals surface area contributed by atoms with Crippen LogP contribution in [0.5, 0.6) is 11.6 Å². The van der Waals surface area contributed by atoms with Gasteiger partial charge < -0.3 is 9.64 Å². The molecule has 2 heterocycles. The molecule has 0 aliphatic carbocycles. The largest absolute Gasteiger partial charge is 0.439 e. The van der Waals surface area contributed by atoms with E-state index < -0.39 is 0 Å². The van der Waals surface area contributed by atoms with Crippen molar-refractivity contribution >= 4 is 5.91 Å². The topological polar surface area (TPSA) is 42.4 Å². The van der Waals surface area contributed by atoms with Crippen LogP contribution in [0.15, 0.2) is 48.7 Å². The summed E-state index contributed by atoms with van der Waals surface area (Å²) in [5.74, 6) is 1.46. The van der Waals surface area contributed by atoms with E-state index in [1.165, 1.54) is 0 Å². The van der Waals surface area contributed by atoms with Gasteiger partial charge in [0.1, 0.15) is 5.75 Å². The quantitative estimate of drug-likeness (QED) is 0.861. The Morgan fingerprint density at radius 3 is 2.77 bits per heavy atom. The Bertz CT molecular complexity index is 643. The number of pyridine rings is 1. The molecule has 3 rings (SSSR count). The molecule has 1 amide bonds. The molecule has 0 N–H and O–H groups in total. The summed E-state index contributed by atoms with van der Waals surface area (Å²) >= 11 is 0. The van der Waals surface area contributed by atoms with Crippen molar-refractivity contribution in [1.82, 2.24) is 9.88 Å². The maximum absolute atomic E-state index is 11.9. The molecule has 0 spiro atoms. The lowest BCUT2D eigenvalue weighted by molar-refractivity contribution is -0.132. The number of hydrogen-bond acceptors (Lipinski definition) is 3. The van der Waals surface area contributed by atoms with Crippen LogP contribution in [0.2, 0.25) is 0 Å². The highest BCUT2D eigenvalue weighted by Crippen LogP contribution is 2.36. The van der Waals surface area contributed by atoms with Crippen LogP contribution in [0, 0.1) is 0 Å². The van der Waals surface area contributed by atoms with E-state index in [1.54, 1.807) is 13.1 Å². The molecule has 1 fully saturated rings. The zero-order valence-electron chi connectivity index (χ0n) is 12.7. The summed E-state index contributed by atoms with van der Waals surface area (Å²) in [6, 6.07) is 13.6. The van der Waals surface area contributed by atoms with Gasteiger partial charge >= 0.3 is 0 Å². The molecule has 1 unspecified atom stereocenters. The van der Waals surface area contributed by atoms with Gasteiger partial charge in [-0.1, -0.05) is 24.3 Å². The molecule has 4 heteroatoms. The predicted octanol–water partition coefficient (Wildman–Crippen LogP) is 3.95. The van der Waals surface area contributed by atoms with Crippen molar-refractivity contribution in [2.75, 3.05) is 6.54 Å². The fourth-order valence-electron chi connectivity index (χ4n) is 2.97. The number of ether oxygens (including phenoxy) is 1. The van der Waals surface area contributed by atoms with E-state index in [2.05, 4.69) is 4.98 Å². The highest BCUT2D eigenvalue weighted by molar-refractivity contribution is 5.74. The number of hydrogen-bond donors (Lipinski definition) is 0. The number of likely N-dealkylation sites (tertiary alicyclic amines) is 1. The van der Waals surface area contributed by atoms with Crippen LogP contribution in [-0.2, 0) is 4.79 Å². The third-order valence-corrected chi connectivity index (χ3v) is 4.02. The number of nitrogens with zero attached hydrogens (tertiary/aromatic N) is 2. The summed E-state index contributed by atoms with van der Waals surface area (Å²) in [4.78, 5) is 18.2. The van der Waals surface area contributed by atoms with E-state index in [9.17, 15) is 4.79 Å². The zero-order chi connectivity index (χ0) is 15.4. The van der Waals surface area contributed by atoms with Gasteiger partial charge in [0.2, 0.25) is 11.8 Å². The van der Waals surface area contributed by atoms with Gasteiger partial charge in [0.25, 0.3) is 0 Å². The van der Waals surface area contributed by atoms with Crippen LogP contribution in [0.3, 0.4) is 0 Å². The lowest BCUT2D eigenvalue weighted by atomic mass is 9.96. The number of para-hydroxylation sites is 1. The Kier molecular flexibility index (Phi) is 4.37. The van der Waals surface area contributed by atoms with Crippen LogP contribution in [0.4, 0.5) is 0 Å². The SMILES string of the molecule is CC(=O)N1CCCCC1c1cccnc1Oc1ccccc1. The highest BCUT2D eigenvalue weighted by Gasteiger charge is 2.28. The van der Waals surface area contributed by atoms with Gasteiger partial charge in [-0.3, -0.25) is 4.79 Å². The summed E-state index contributed by atoms with van der Waals surface area (Å²) in [5, 5.41) is 0. The maximum atomic E-state index is 11.9. The first-order chi connectivity index (χ1) is 10.8. The average Bonchev–Trinajstić information content (AvgIpc) is 2.56. The molecular formula is C18H20N2O2. The fourth-order valence-corrected chi connectivity index (χ4v) is 2.97. The van der Waals surface area contributed by atoms with Gasteiger partial charge in [-0.25, -0.2) is 4.98 Å². The number of benzene rings is 1. The van der Waals surface area contributed by atoms with Crippen molar-refractivity contribution < 1.29 is 9.53 Å². The Balaban J connectivity index is 1.91. The molecule has 1 aromatic heterocycles. The van der Waals surface area contributed by atoms with Gasteiger partial charge in [-0.05, 0) is 37.5 Å². The van der Waals surface area contributed by atoms with Crippen LogP contribution >= 0.6 is 0 Å². The minimum Gasteiger partial charge on any atom is -0.439 e. The van der Waals surface area contributed by atoms with Gasteiger partial charge in [0.05, 0.1) is 6.04 Å². The Morgan fingerprint density at radius 1 is 1.18 bits per heavy atom. The second kappa shape index (κ2) is 6.60. The van der Waals surface area contributed by atoms with Crippen LogP contribution < -0.4 is 4.74 Å². The third kappa shape index (κ3) is 3.11. The van der Waals surface area contributed by atoms with E-state index in [0.717, 1.165) is 37.1 Å². The molecular weight excluding hydrogens is 276 g/mol.